The second kappa shape index (κ2) is 6.18. The van der Waals surface area contributed by atoms with Crippen LogP contribution >= 0.6 is 0 Å². The molecule has 0 aliphatic heterocycles. The Labute approximate surface area is 113 Å². The van der Waals surface area contributed by atoms with Gasteiger partial charge in [-0.15, -0.1) is 0 Å². The third-order valence-corrected chi connectivity index (χ3v) is 2.80. The smallest absolute Gasteiger partial charge is 0.165 e. The molecule has 0 aliphatic carbocycles. The lowest BCUT2D eigenvalue weighted by atomic mass is 10.1. The molecule has 0 atom stereocenters. The van der Waals surface area contributed by atoms with Gasteiger partial charge < -0.3 is 4.74 Å². The molecular weight excluding hydrogens is 240 g/mol. The summed E-state index contributed by atoms with van der Waals surface area (Å²) in [6.07, 6.45) is 5.12. The van der Waals surface area contributed by atoms with E-state index in [-0.39, 0.29) is 5.78 Å². The zero-order valence-electron chi connectivity index (χ0n) is 11.3. The van der Waals surface area contributed by atoms with Crippen molar-refractivity contribution in [2.45, 2.75) is 33.2 Å². The minimum atomic E-state index is 0.141. The van der Waals surface area contributed by atoms with Crippen LogP contribution in [0, 0.1) is 0 Å². The first-order valence-corrected chi connectivity index (χ1v) is 6.56. The van der Waals surface area contributed by atoms with Crippen molar-refractivity contribution in [2.24, 2.45) is 0 Å². The van der Waals surface area contributed by atoms with Crippen molar-refractivity contribution < 1.29 is 9.53 Å². The Kier molecular flexibility index (Phi) is 4.34. The molecule has 4 nitrogen and oxygen atoms in total. The number of nitrogens with zero attached hydrogens (tertiary/aromatic N) is 2. The van der Waals surface area contributed by atoms with E-state index in [4.69, 9.17) is 4.74 Å². The first-order valence-electron chi connectivity index (χ1n) is 6.56. The van der Waals surface area contributed by atoms with Crippen LogP contribution in [0.3, 0.4) is 0 Å². The van der Waals surface area contributed by atoms with Crippen LogP contribution in [-0.2, 0) is 6.54 Å². The van der Waals surface area contributed by atoms with Crippen LogP contribution in [0.4, 0.5) is 0 Å². The highest BCUT2D eigenvalue weighted by Gasteiger charge is 2.04. The van der Waals surface area contributed by atoms with E-state index in [1.54, 1.807) is 30.5 Å². The van der Waals surface area contributed by atoms with Gasteiger partial charge in [0.25, 0.3) is 0 Å². The molecule has 0 aliphatic rings. The first-order chi connectivity index (χ1) is 9.22. The van der Waals surface area contributed by atoms with E-state index in [2.05, 4.69) is 12.0 Å². The molecule has 0 radical (unpaired) electrons. The molecule has 19 heavy (non-hydrogen) atoms. The van der Waals surface area contributed by atoms with Gasteiger partial charge in [0.1, 0.15) is 5.75 Å². The summed E-state index contributed by atoms with van der Waals surface area (Å²) in [5.41, 5.74) is 0.719. The minimum absolute atomic E-state index is 0.141. The van der Waals surface area contributed by atoms with Crippen LogP contribution in [0.25, 0.3) is 0 Å². The maximum atomic E-state index is 11.5. The van der Waals surface area contributed by atoms with Gasteiger partial charge in [-0.25, -0.2) is 0 Å². The number of rotatable bonds is 6. The fourth-order valence-corrected chi connectivity index (χ4v) is 1.80. The average Bonchev–Trinajstić information content (AvgIpc) is 2.86. The molecule has 100 valence electrons. The van der Waals surface area contributed by atoms with Crippen LogP contribution < -0.4 is 4.74 Å². The lowest BCUT2D eigenvalue weighted by Crippen LogP contribution is -1.96. The average molecular weight is 258 g/mol. The Hall–Kier alpha value is -2.10. The molecule has 4 heteroatoms. The zero-order valence-corrected chi connectivity index (χ0v) is 11.3. The largest absolute Gasteiger partial charge is 0.454 e. The van der Waals surface area contributed by atoms with E-state index in [1.807, 2.05) is 17.8 Å². The number of hydrogen-bond acceptors (Lipinski definition) is 3. The molecule has 1 aromatic carbocycles. The number of aromatic nitrogens is 2. The number of benzene rings is 1. The van der Waals surface area contributed by atoms with Crippen molar-refractivity contribution in [3.8, 4) is 11.5 Å². The molecule has 1 heterocycles. The first kappa shape index (κ1) is 13.3. The summed E-state index contributed by atoms with van der Waals surface area (Å²) < 4.78 is 7.53. The Morgan fingerprint density at radius 3 is 2.58 bits per heavy atom. The Morgan fingerprint density at radius 1 is 1.21 bits per heavy atom. The predicted octanol–water partition coefficient (Wildman–Crippen LogP) is 3.68. The van der Waals surface area contributed by atoms with Gasteiger partial charge in [0.05, 0.1) is 12.4 Å². The molecule has 0 bridgehead atoms. The topological polar surface area (TPSA) is 44.1 Å². The molecule has 0 amide bonds. The van der Waals surface area contributed by atoms with E-state index in [0.717, 1.165) is 18.5 Å². The Morgan fingerprint density at radius 2 is 1.95 bits per heavy atom. The zero-order chi connectivity index (χ0) is 13.7. The molecular formula is C15H18N2O2. The van der Waals surface area contributed by atoms with Crippen molar-refractivity contribution in [2.75, 3.05) is 0 Å². The third-order valence-electron chi connectivity index (χ3n) is 2.80. The van der Waals surface area contributed by atoms with Crippen molar-refractivity contribution in [1.82, 2.24) is 9.78 Å². The molecule has 0 N–H and O–H groups in total. The van der Waals surface area contributed by atoms with Gasteiger partial charge in [-0.2, -0.15) is 5.10 Å². The summed E-state index contributed by atoms with van der Waals surface area (Å²) in [5, 5.41) is 4.20. The second-order valence-electron chi connectivity index (χ2n) is 4.34. The molecule has 2 aromatic rings. The number of carbonyl (C=O) groups is 1. The number of ether oxygens (including phenoxy) is 1. The lowest BCUT2D eigenvalue weighted by molar-refractivity contribution is 0.0988. The summed E-state index contributed by atoms with van der Waals surface area (Å²) in [6, 6.07) is 7.19. The monoisotopic (exact) mass is 258 g/mol. The van der Waals surface area contributed by atoms with Gasteiger partial charge in [-0.3, -0.25) is 9.48 Å². The Bertz CT molecular complexity index is 544. The number of hydrogen-bond donors (Lipinski definition) is 0. The fraction of sp³-hybridized carbons (Fsp3) is 0.333. The van der Waals surface area contributed by atoms with Crippen LogP contribution in [-0.4, -0.2) is 15.6 Å². The third kappa shape index (κ3) is 3.44. The van der Waals surface area contributed by atoms with Crippen LogP contribution in [0.5, 0.6) is 11.5 Å². The predicted molar refractivity (Wildman–Crippen MR) is 73.7 cm³/mol. The van der Waals surface area contributed by atoms with Gasteiger partial charge >= 0.3 is 0 Å². The highest BCUT2D eigenvalue weighted by molar-refractivity contribution is 5.95. The fourth-order valence-electron chi connectivity index (χ4n) is 1.80. The van der Waals surface area contributed by atoms with Gasteiger partial charge in [-0.1, -0.05) is 13.8 Å². The highest BCUT2D eigenvalue weighted by Crippen LogP contribution is 2.21. The van der Waals surface area contributed by atoms with Gasteiger partial charge in [0, 0.05) is 18.5 Å². The standard InChI is InChI=1S/C15H18N2O2/c1-3-9-17-11-14(10-16-17)19-13-7-5-12(6-8-13)15(18)4-2/h5-8,10-11H,3-4,9H2,1-2H3. The van der Waals surface area contributed by atoms with E-state index in [1.165, 1.54) is 0 Å². The lowest BCUT2D eigenvalue weighted by Gasteiger charge is -2.03. The summed E-state index contributed by atoms with van der Waals surface area (Å²) in [7, 11) is 0. The minimum Gasteiger partial charge on any atom is -0.454 e. The normalized spacial score (nSPS) is 10.4. The van der Waals surface area contributed by atoms with Gasteiger partial charge in [0.15, 0.2) is 11.5 Å². The summed E-state index contributed by atoms with van der Waals surface area (Å²) >= 11 is 0. The Balaban J connectivity index is 2.04. The molecule has 0 spiro atoms. The number of Topliss-reactive ketones (excluding diaryl/α,β-unsaturated/α-hetero) is 1. The van der Waals surface area contributed by atoms with Gasteiger partial charge in [-0.05, 0) is 30.7 Å². The van der Waals surface area contributed by atoms with Crippen LogP contribution in [0.15, 0.2) is 36.7 Å². The molecule has 0 saturated carbocycles. The molecule has 0 saturated heterocycles. The maximum Gasteiger partial charge on any atom is 0.165 e. The van der Waals surface area contributed by atoms with Crippen LogP contribution in [0.2, 0.25) is 0 Å². The van der Waals surface area contributed by atoms with Crippen molar-refractivity contribution >= 4 is 5.78 Å². The molecule has 0 fully saturated rings. The van der Waals surface area contributed by atoms with Gasteiger partial charge in [0.2, 0.25) is 0 Å². The van der Waals surface area contributed by atoms with E-state index in [9.17, 15) is 4.79 Å². The molecule has 1 aromatic heterocycles. The quantitative estimate of drug-likeness (QED) is 0.742. The molecule has 2 rings (SSSR count). The van der Waals surface area contributed by atoms with Crippen LogP contribution in [0.1, 0.15) is 37.0 Å². The summed E-state index contributed by atoms with van der Waals surface area (Å²) in [4.78, 5) is 11.5. The molecule has 0 unspecified atom stereocenters. The number of aryl methyl sites for hydroxylation is 1. The highest BCUT2D eigenvalue weighted by atomic mass is 16.5. The number of carbonyl (C=O) groups excluding carboxylic acids is 1. The second-order valence-corrected chi connectivity index (χ2v) is 4.34. The van der Waals surface area contributed by atoms with Crippen molar-refractivity contribution in [1.29, 1.82) is 0 Å². The van der Waals surface area contributed by atoms with Crippen molar-refractivity contribution in [3.05, 3.63) is 42.2 Å². The number of ketones is 1. The van der Waals surface area contributed by atoms with E-state index < -0.39 is 0 Å². The summed E-state index contributed by atoms with van der Waals surface area (Å²) in [6.45, 7) is 4.84. The summed E-state index contributed by atoms with van der Waals surface area (Å²) in [5.74, 6) is 1.56. The van der Waals surface area contributed by atoms with E-state index in [0.29, 0.717) is 17.9 Å². The maximum absolute atomic E-state index is 11.5. The SMILES string of the molecule is CCCn1cc(Oc2ccc(C(=O)CC)cc2)cn1. The van der Waals surface area contributed by atoms with Crippen molar-refractivity contribution in [3.63, 3.8) is 0 Å². The van der Waals surface area contributed by atoms with E-state index >= 15 is 0 Å².